The van der Waals surface area contributed by atoms with E-state index < -0.39 is 0 Å². The Morgan fingerprint density at radius 2 is 2.35 bits per heavy atom. The van der Waals surface area contributed by atoms with Crippen LogP contribution in [0.4, 0.5) is 0 Å². The van der Waals surface area contributed by atoms with Crippen LogP contribution >= 0.6 is 0 Å². The van der Waals surface area contributed by atoms with Crippen molar-refractivity contribution < 1.29 is 4.79 Å². The molecular weight excluding hydrogens is 212 g/mol. The number of carbonyl (C=O) groups excluding carboxylic acids is 1. The molecule has 0 aromatic heterocycles. The van der Waals surface area contributed by atoms with Gasteiger partial charge in [0.25, 0.3) is 5.91 Å². The molecule has 1 saturated heterocycles. The van der Waals surface area contributed by atoms with Gasteiger partial charge in [-0.25, -0.2) is 0 Å². The first-order chi connectivity index (χ1) is 8.31. The molecule has 0 bridgehead atoms. The van der Waals surface area contributed by atoms with Gasteiger partial charge in [-0.05, 0) is 30.0 Å². The summed E-state index contributed by atoms with van der Waals surface area (Å²) in [6, 6.07) is 6.50. The Morgan fingerprint density at radius 1 is 1.47 bits per heavy atom. The maximum atomic E-state index is 12.4. The minimum Gasteiger partial charge on any atom is -0.333 e. The highest BCUT2D eigenvalue weighted by molar-refractivity contribution is 5.97. The molecule has 0 unspecified atom stereocenters. The van der Waals surface area contributed by atoms with E-state index in [1.807, 2.05) is 17.0 Å². The second kappa shape index (κ2) is 4.15. The first kappa shape index (κ1) is 10.8. The smallest absolute Gasteiger partial charge is 0.254 e. The maximum Gasteiger partial charge on any atom is 0.254 e. The molecule has 2 heterocycles. The summed E-state index contributed by atoms with van der Waals surface area (Å²) in [7, 11) is 0. The summed E-state index contributed by atoms with van der Waals surface area (Å²) in [4.78, 5) is 14.5. The summed E-state index contributed by atoms with van der Waals surface area (Å²) in [5, 5.41) is 3.38. The zero-order valence-electron chi connectivity index (χ0n) is 10.2. The van der Waals surface area contributed by atoms with Gasteiger partial charge in [-0.1, -0.05) is 19.1 Å². The molecular formula is C14H18N2O. The van der Waals surface area contributed by atoms with Gasteiger partial charge in [0.1, 0.15) is 0 Å². The van der Waals surface area contributed by atoms with Crippen LogP contribution in [0.15, 0.2) is 18.2 Å². The van der Waals surface area contributed by atoms with E-state index in [1.54, 1.807) is 0 Å². The molecule has 3 rings (SSSR count). The Bertz CT molecular complexity index is 456. The molecule has 2 aliphatic heterocycles. The zero-order valence-corrected chi connectivity index (χ0v) is 10.2. The standard InChI is InChI=1S/C14H18N2O/c1-2-10-4-3-5-12-13(10)8-11-9-15-6-7-16(11)14(12)17/h3-5,11,15H,2,6-9H2,1H3/t11-/m1/s1. The molecule has 1 aromatic rings. The predicted octanol–water partition coefficient (Wildman–Crippen LogP) is 1.22. The molecule has 17 heavy (non-hydrogen) atoms. The van der Waals surface area contributed by atoms with Crippen LogP contribution in [-0.2, 0) is 12.8 Å². The van der Waals surface area contributed by atoms with Gasteiger partial charge in [-0.15, -0.1) is 0 Å². The molecule has 0 radical (unpaired) electrons. The zero-order chi connectivity index (χ0) is 11.8. The van der Waals surface area contributed by atoms with Gasteiger partial charge < -0.3 is 10.2 Å². The van der Waals surface area contributed by atoms with E-state index in [9.17, 15) is 4.79 Å². The van der Waals surface area contributed by atoms with E-state index in [2.05, 4.69) is 18.3 Å². The van der Waals surface area contributed by atoms with Crippen molar-refractivity contribution in [3.05, 3.63) is 34.9 Å². The minimum atomic E-state index is 0.230. The summed E-state index contributed by atoms with van der Waals surface area (Å²) in [5.74, 6) is 0.230. The molecule has 1 N–H and O–H groups in total. The minimum absolute atomic E-state index is 0.230. The molecule has 0 aliphatic carbocycles. The van der Waals surface area contributed by atoms with Crippen LogP contribution < -0.4 is 5.32 Å². The lowest BCUT2D eigenvalue weighted by atomic mass is 9.88. The maximum absolute atomic E-state index is 12.4. The average Bonchev–Trinajstić information content (AvgIpc) is 2.38. The number of fused-ring (bicyclic) bond motifs is 2. The number of nitrogens with one attached hydrogen (secondary N) is 1. The Hall–Kier alpha value is -1.35. The van der Waals surface area contributed by atoms with E-state index in [4.69, 9.17) is 0 Å². The summed E-state index contributed by atoms with van der Waals surface area (Å²) in [6.07, 6.45) is 2.02. The Balaban J connectivity index is 2.05. The van der Waals surface area contributed by atoms with Crippen molar-refractivity contribution in [2.75, 3.05) is 19.6 Å². The van der Waals surface area contributed by atoms with E-state index in [1.165, 1.54) is 11.1 Å². The largest absolute Gasteiger partial charge is 0.333 e. The molecule has 0 saturated carbocycles. The Morgan fingerprint density at radius 3 is 3.18 bits per heavy atom. The SMILES string of the molecule is CCc1cccc2c1C[C@@H]1CNCCN1C2=O. The first-order valence-electron chi connectivity index (χ1n) is 6.43. The highest BCUT2D eigenvalue weighted by Crippen LogP contribution is 2.27. The molecule has 1 aromatic carbocycles. The number of rotatable bonds is 1. The second-order valence-electron chi connectivity index (χ2n) is 4.86. The monoisotopic (exact) mass is 230 g/mol. The number of benzene rings is 1. The third-order valence-corrected chi connectivity index (χ3v) is 3.94. The lowest BCUT2D eigenvalue weighted by Crippen LogP contribution is -2.56. The summed E-state index contributed by atoms with van der Waals surface area (Å²) < 4.78 is 0. The molecule has 90 valence electrons. The van der Waals surface area contributed by atoms with Crippen LogP contribution in [0.25, 0.3) is 0 Å². The van der Waals surface area contributed by atoms with Crippen molar-refractivity contribution in [2.24, 2.45) is 0 Å². The van der Waals surface area contributed by atoms with E-state index in [0.717, 1.165) is 38.0 Å². The summed E-state index contributed by atoms with van der Waals surface area (Å²) in [5.41, 5.74) is 3.55. The van der Waals surface area contributed by atoms with Crippen molar-refractivity contribution in [3.8, 4) is 0 Å². The van der Waals surface area contributed by atoms with Gasteiger partial charge >= 0.3 is 0 Å². The second-order valence-corrected chi connectivity index (χ2v) is 4.86. The number of aryl methyl sites for hydroxylation is 1. The molecule has 1 fully saturated rings. The van der Waals surface area contributed by atoms with Gasteiger partial charge in [0.05, 0.1) is 0 Å². The van der Waals surface area contributed by atoms with Crippen LogP contribution in [0.1, 0.15) is 28.4 Å². The number of hydrogen-bond acceptors (Lipinski definition) is 2. The molecule has 1 amide bonds. The van der Waals surface area contributed by atoms with Gasteiger partial charge in [-0.3, -0.25) is 4.79 Å². The lowest BCUT2D eigenvalue weighted by Gasteiger charge is -2.40. The van der Waals surface area contributed by atoms with Gasteiger partial charge in [0.15, 0.2) is 0 Å². The highest BCUT2D eigenvalue weighted by Gasteiger charge is 2.34. The van der Waals surface area contributed by atoms with Crippen molar-refractivity contribution in [1.82, 2.24) is 10.2 Å². The number of nitrogens with zero attached hydrogens (tertiary/aromatic N) is 1. The number of piperazine rings is 1. The molecule has 1 atom stereocenters. The predicted molar refractivity (Wildman–Crippen MR) is 67.2 cm³/mol. The third-order valence-electron chi connectivity index (χ3n) is 3.94. The quantitative estimate of drug-likeness (QED) is 0.786. The van der Waals surface area contributed by atoms with Crippen LogP contribution in [0.3, 0.4) is 0 Å². The first-order valence-corrected chi connectivity index (χ1v) is 6.43. The van der Waals surface area contributed by atoms with Crippen molar-refractivity contribution in [2.45, 2.75) is 25.8 Å². The summed E-state index contributed by atoms with van der Waals surface area (Å²) in [6.45, 7) is 4.86. The van der Waals surface area contributed by atoms with E-state index >= 15 is 0 Å². The van der Waals surface area contributed by atoms with Gasteiger partial charge in [0, 0.05) is 31.2 Å². The fraction of sp³-hybridized carbons (Fsp3) is 0.500. The van der Waals surface area contributed by atoms with Crippen LogP contribution in [0, 0.1) is 0 Å². The Kier molecular flexibility index (Phi) is 2.63. The van der Waals surface area contributed by atoms with Crippen LogP contribution in [0.2, 0.25) is 0 Å². The van der Waals surface area contributed by atoms with E-state index in [0.29, 0.717) is 6.04 Å². The fourth-order valence-electron chi connectivity index (χ4n) is 3.01. The lowest BCUT2D eigenvalue weighted by molar-refractivity contribution is 0.0606. The van der Waals surface area contributed by atoms with Crippen LogP contribution in [-0.4, -0.2) is 36.5 Å². The third kappa shape index (κ3) is 1.65. The molecule has 3 heteroatoms. The van der Waals surface area contributed by atoms with Crippen molar-refractivity contribution >= 4 is 5.91 Å². The fourth-order valence-corrected chi connectivity index (χ4v) is 3.01. The van der Waals surface area contributed by atoms with Gasteiger partial charge in [-0.2, -0.15) is 0 Å². The summed E-state index contributed by atoms with van der Waals surface area (Å²) >= 11 is 0. The topological polar surface area (TPSA) is 32.3 Å². The molecule has 3 nitrogen and oxygen atoms in total. The average molecular weight is 230 g/mol. The number of amides is 1. The number of hydrogen-bond donors (Lipinski definition) is 1. The van der Waals surface area contributed by atoms with Crippen molar-refractivity contribution in [1.29, 1.82) is 0 Å². The van der Waals surface area contributed by atoms with E-state index in [-0.39, 0.29) is 5.91 Å². The van der Waals surface area contributed by atoms with Gasteiger partial charge in [0.2, 0.25) is 0 Å². The normalized spacial score (nSPS) is 23.2. The number of carbonyl (C=O) groups is 1. The Labute approximate surface area is 102 Å². The van der Waals surface area contributed by atoms with Crippen LogP contribution in [0.5, 0.6) is 0 Å². The van der Waals surface area contributed by atoms with Crippen molar-refractivity contribution in [3.63, 3.8) is 0 Å². The molecule has 2 aliphatic rings. The highest BCUT2D eigenvalue weighted by atomic mass is 16.2. The molecule has 0 spiro atoms.